The summed E-state index contributed by atoms with van der Waals surface area (Å²) in [6.07, 6.45) is 0. The number of carbonyl (C=O) groups is 1. The first-order valence-electron chi connectivity index (χ1n) is 5.62. The smallest absolute Gasteiger partial charge is 0.321 e. The van der Waals surface area contributed by atoms with Crippen molar-refractivity contribution in [2.75, 3.05) is 32.1 Å². The molecule has 0 bridgehead atoms. The minimum atomic E-state index is -0.136. The highest BCUT2D eigenvalue weighted by Gasteiger charge is 2.06. The van der Waals surface area contributed by atoms with Gasteiger partial charge in [0.2, 0.25) is 0 Å². The van der Waals surface area contributed by atoms with Crippen LogP contribution in [0.25, 0.3) is 0 Å². The number of nitrogens with two attached hydrogens (primary N) is 1. The number of anilines is 1. The molecule has 0 spiro atoms. The molecule has 94 valence electrons. The number of hydrogen-bond acceptors (Lipinski definition) is 3. The fourth-order valence-corrected chi connectivity index (χ4v) is 1.20. The van der Waals surface area contributed by atoms with Crippen molar-refractivity contribution >= 4 is 11.7 Å². The summed E-state index contributed by atoms with van der Waals surface area (Å²) in [6.45, 7) is 3.51. The van der Waals surface area contributed by atoms with Gasteiger partial charge in [-0.2, -0.15) is 0 Å². The van der Waals surface area contributed by atoms with Gasteiger partial charge in [0.15, 0.2) is 0 Å². The van der Waals surface area contributed by atoms with Gasteiger partial charge in [-0.15, -0.1) is 0 Å². The molecule has 0 fully saturated rings. The molecule has 0 atom stereocenters. The van der Waals surface area contributed by atoms with Crippen LogP contribution in [0.4, 0.5) is 10.5 Å². The summed E-state index contributed by atoms with van der Waals surface area (Å²) in [5, 5.41) is 2.79. The SMILES string of the molecule is CCN(C)C(=O)Nc1cccc(OCCN)c1. The number of urea groups is 1. The second-order valence-corrected chi connectivity index (χ2v) is 3.61. The molecule has 0 radical (unpaired) electrons. The summed E-state index contributed by atoms with van der Waals surface area (Å²) in [4.78, 5) is 13.2. The van der Waals surface area contributed by atoms with Gasteiger partial charge < -0.3 is 20.7 Å². The Balaban J connectivity index is 2.62. The highest BCUT2D eigenvalue weighted by molar-refractivity contribution is 5.89. The third kappa shape index (κ3) is 4.32. The molecule has 3 N–H and O–H groups in total. The van der Waals surface area contributed by atoms with E-state index in [4.69, 9.17) is 10.5 Å². The maximum atomic E-state index is 11.6. The zero-order chi connectivity index (χ0) is 12.7. The lowest BCUT2D eigenvalue weighted by Gasteiger charge is -2.15. The third-order valence-corrected chi connectivity index (χ3v) is 2.29. The molecule has 0 aromatic heterocycles. The Labute approximate surface area is 102 Å². The van der Waals surface area contributed by atoms with Crippen LogP contribution in [0.15, 0.2) is 24.3 Å². The van der Waals surface area contributed by atoms with Crippen LogP contribution in [0.3, 0.4) is 0 Å². The molecular weight excluding hydrogens is 218 g/mol. The van der Waals surface area contributed by atoms with Crippen LogP contribution in [-0.4, -0.2) is 37.7 Å². The predicted octanol–water partition coefficient (Wildman–Crippen LogP) is 1.51. The average Bonchev–Trinajstić information content (AvgIpc) is 2.35. The third-order valence-electron chi connectivity index (χ3n) is 2.29. The Morgan fingerprint density at radius 3 is 2.94 bits per heavy atom. The summed E-state index contributed by atoms with van der Waals surface area (Å²) in [5.74, 6) is 0.701. The van der Waals surface area contributed by atoms with Crippen LogP contribution in [0.1, 0.15) is 6.92 Å². The van der Waals surface area contributed by atoms with E-state index in [2.05, 4.69) is 5.32 Å². The van der Waals surface area contributed by atoms with Crippen LogP contribution in [0.5, 0.6) is 5.75 Å². The quantitative estimate of drug-likeness (QED) is 0.815. The van der Waals surface area contributed by atoms with E-state index in [-0.39, 0.29) is 6.03 Å². The molecule has 0 heterocycles. The standard InChI is InChI=1S/C12H19N3O2/c1-3-15(2)12(16)14-10-5-4-6-11(9-10)17-8-7-13/h4-6,9H,3,7-8,13H2,1-2H3,(H,14,16). The van der Waals surface area contributed by atoms with E-state index in [1.165, 1.54) is 0 Å². The maximum absolute atomic E-state index is 11.6. The van der Waals surface area contributed by atoms with Gasteiger partial charge in [0.05, 0.1) is 0 Å². The number of rotatable bonds is 5. The number of carbonyl (C=O) groups excluding carboxylic acids is 1. The van der Waals surface area contributed by atoms with Crippen molar-refractivity contribution < 1.29 is 9.53 Å². The summed E-state index contributed by atoms with van der Waals surface area (Å²) >= 11 is 0. The van der Waals surface area contributed by atoms with E-state index < -0.39 is 0 Å². The van der Waals surface area contributed by atoms with E-state index in [1.807, 2.05) is 25.1 Å². The summed E-state index contributed by atoms with van der Waals surface area (Å²) < 4.78 is 5.37. The van der Waals surface area contributed by atoms with Gasteiger partial charge in [0.1, 0.15) is 12.4 Å². The Kier molecular flexibility index (Phi) is 5.29. The fraction of sp³-hybridized carbons (Fsp3) is 0.417. The highest BCUT2D eigenvalue weighted by atomic mass is 16.5. The van der Waals surface area contributed by atoms with Crippen LogP contribution in [0, 0.1) is 0 Å². The number of nitrogens with one attached hydrogen (secondary N) is 1. The summed E-state index contributed by atoms with van der Waals surface area (Å²) in [5.41, 5.74) is 6.06. The number of hydrogen-bond donors (Lipinski definition) is 2. The van der Waals surface area contributed by atoms with E-state index in [0.29, 0.717) is 31.1 Å². The fourth-order valence-electron chi connectivity index (χ4n) is 1.20. The van der Waals surface area contributed by atoms with Crippen LogP contribution in [-0.2, 0) is 0 Å². The molecule has 1 rings (SSSR count). The molecule has 1 aromatic carbocycles. The van der Waals surface area contributed by atoms with E-state index in [0.717, 1.165) is 0 Å². The molecular formula is C12H19N3O2. The van der Waals surface area contributed by atoms with Gasteiger partial charge in [-0.1, -0.05) is 6.07 Å². The molecule has 0 aliphatic rings. The van der Waals surface area contributed by atoms with Gasteiger partial charge in [-0.05, 0) is 19.1 Å². The normalized spacial score (nSPS) is 9.82. The van der Waals surface area contributed by atoms with Crippen LogP contribution >= 0.6 is 0 Å². The van der Waals surface area contributed by atoms with Gasteiger partial charge in [0, 0.05) is 31.9 Å². The molecule has 1 aromatic rings. The van der Waals surface area contributed by atoms with Crippen LogP contribution < -0.4 is 15.8 Å². The van der Waals surface area contributed by atoms with Crippen molar-refractivity contribution in [1.82, 2.24) is 4.90 Å². The van der Waals surface area contributed by atoms with Gasteiger partial charge in [-0.3, -0.25) is 0 Å². The number of amides is 2. The van der Waals surface area contributed by atoms with Crippen molar-refractivity contribution in [3.8, 4) is 5.75 Å². The maximum Gasteiger partial charge on any atom is 0.321 e. The largest absolute Gasteiger partial charge is 0.492 e. The summed E-state index contributed by atoms with van der Waals surface area (Å²) in [6, 6.07) is 7.11. The molecule has 2 amide bonds. The Bertz CT molecular complexity index is 369. The lowest BCUT2D eigenvalue weighted by Crippen LogP contribution is -2.30. The second kappa shape index (κ2) is 6.75. The zero-order valence-corrected chi connectivity index (χ0v) is 10.3. The topological polar surface area (TPSA) is 67.6 Å². The Hall–Kier alpha value is -1.75. The van der Waals surface area contributed by atoms with E-state index in [9.17, 15) is 4.79 Å². The first-order chi connectivity index (χ1) is 8.17. The average molecular weight is 237 g/mol. The monoisotopic (exact) mass is 237 g/mol. The summed E-state index contributed by atoms with van der Waals surface area (Å²) in [7, 11) is 1.74. The van der Waals surface area contributed by atoms with E-state index in [1.54, 1.807) is 18.0 Å². The lowest BCUT2D eigenvalue weighted by atomic mass is 10.3. The predicted molar refractivity (Wildman–Crippen MR) is 68.3 cm³/mol. The van der Waals surface area contributed by atoms with Gasteiger partial charge >= 0.3 is 6.03 Å². The number of ether oxygens (including phenoxy) is 1. The zero-order valence-electron chi connectivity index (χ0n) is 10.3. The minimum Gasteiger partial charge on any atom is -0.492 e. The van der Waals surface area contributed by atoms with Crippen molar-refractivity contribution in [3.05, 3.63) is 24.3 Å². The molecule has 5 nitrogen and oxygen atoms in total. The Morgan fingerprint density at radius 1 is 1.53 bits per heavy atom. The molecule has 0 saturated heterocycles. The first kappa shape index (κ1) is 13.3. The molecule has 0 unspecified atom stereocenters. The van der Waals surface area contributed by atoms with Crippen molar-refractivity contribution in [3.63, 3.8) is 0 Å². The van der Waals surface area contributed by atoms with Crippen LogP contribution in [0.2, 0.25) is 0 Å². The molecule has 5 heteroatoms. The minimum absolute atomic E-state index is 0.136. The first-order valence-corrected chi connectivity index (χ1v) is 5.62. The molecule has 0 aliphatic heterocycles. The number of benzene rings is 1. The molecule has 0 saturated carbocycles. The second-order valence-electron chi connectivity index (χ2n) is 3.61. The number of nitrogens with zero attached hydrogens (tertiary/aromatic N) is 1. The van der Waals surface area contributed by atoms with Gasteiger partial charge in [-0.25, -0.2) is 4.79 Å². The molecule has 17 heavy (non-hydrogen) atoms. The van der Waals surface area contributed by atoms with Crippen molar-refractivity contribution in [1.29, 1.82) is 0 Å². The molecule has 0 aliphatic carbocycles. The Morgan fingerprint density at radius 2 is 2.29 bits per heavy atom. The van der Waals surface area contributed by atoms with Gasteiger partial charge in [0.25, 0.3) is 0 Å². The van der Waals surface area contributed by atoms with Crippen molar-refractivity contribution in [2.45, 2.75) is 6.92 Å². The van der Waals surface area contributed by atoms with E-state index >= 15 is 0 Å². The lowest BCUT2D eigenvalue weighted by molar-refractivity contribution is 0.224. The highest BCUT2D eigenvalue weighted by Crippen LogP contribution is 2.17. The van der Waals surface area contributed by atoms with Crippen molar-refractivity contribution in [2.24, 2.45) is 5.73 Å².